The third-order valence-electron chi connectivity index (χ3n) is 3.70. The fraction of sp³-hybridized carbons (Fsp3) is 0. The first-order valence-electron chi connectivity index (χ1n) is 7.84. The van der Waals surface area contributed by atoms with Crippen LogP contribution in [0.25, 0.3) is 23.1 Å². The Morgan fingerprint density at radius 1 is 1.04 bits per heavy atom. The molecule has 0 atom stereocenters. The van der Waals surface area contributed by atoms with Crippen molar-refractivity contribution in [1.82, 2.24) is 10.2 Å². The van der Waals surface area contributed by atoms with Gasteiger partial charge in [-0.3, -0.25) is 4.79 Å². The van der Waals surface area contributed by atoms with Crippen LogP contribution in [0.3, 0.4) is 0 Å². The van der Waals surface area contributed by atoms with Gasteiger partial charge in [0, 0.05) is 15.7 Å². The Morgan fingerprint density at radius 3 is 2.67 bits per heavy atom. The van der Waals surface area contributed by atoms with Gasteiger partial charge in [0.1, 0.15) is 5.82 Å². The minimum Gasteiger partial charge on any atom is -0.459 e. The molecular formula is C19H11BrFN3O3. The lowest BCUT2D eigenvalue weighted by Gasteiger charge is -2.07. The van der Waals surface area contributed by atoms with E-state index >= 15 is 0 Å². The summed E-state index contributed by atoms with van der Waals surface area (Å²) < 4.78 is 25.3. The van der Waals surface area contributed by atoms with E-state index in [1.54, 1.807) is 42.5 Å². The molecule has 0 bridgehead atoms. The Morgan fingerprint density at radius 2 is 1.89 bits per heavy atom. The number of rotatable bonds is 4. The van der Waals surface area contributed by atoms with Crippen LogP contribution >= 0.6 is 15.9 Å². The highest BCUT2D eigenvalue weighted by molar-refractivity contribution is 9.10. The molecule has 2 aromatic heterocycles. The van der Waals surface area contributed by atoms with E-state index in [0.717, 1.165) is 0 Å². The minimum atomic E-state index is -0.613. The average molecular weight is 428 g/mol. The number of halogens is 2. The molecule has 0 spiro atoms. The Balaban J connectivity index is 1.57. The van der Waals surface area contributed by atoms with Gasteiger partial charge in [-0.1, -0.05) is 22.0 Å². The second kappa shape index (κ2) is 7.16. The van der Waals surface area contributed by atoms with Crippen molar-refractivity contribution < 1.29 is 18.0 Å². The van der Waals surface area contributed by atoms with Crippen LogP contribution in [0.5, 0.6) is 0 Å². The molecule has 0 fully saturated rings. The van der Waals surface area contributed by atoms with Gasteiger partial charge >= 0.3 is 0 Å². The summed E-state index contributed by atoms with van der Waals surface area (Å²) in [4.78, 5) is 12.3. The zero-order chi connectivity index (χ0) is 18.8. The molecule has 4 aromatic rings. The zero-order valence-corrected chi connectivity index (χ0v) is 15.2. The maximum atomic E-state index is 14.0. The van der Waals surface area contributed by atoms with E-state index in [-0.39, 0.29) is 17.3 Å². The molecule has 1 N–H and O–H groups in total. The predicted molar refractivity (Wildman–Crippen MR) is 99.5 cm³/mol. The number of anilines is 1. The van der Waals surface area contributed by atoms with Gasteiger partial charge in [-0.05, 0) is 48.5 Å². The summed E-state index contributed by atoms with van der Waals surface area (Å²) in [6, 6.07) is 14.5. The van der Waals surface area contributed by atoms with Gasteiger partial charge in [0.25, 0.3) is 11.8 Å². The minimum absolute atomic E-state index is 0.0542. The third-order valence-corrected chi connectivity index (χ3v) is 4.19. The molecule has 2 heterocycles. The van der Waals surface area contributed by atoms with Gasteiger partial charge in [-0.25, -0.2) is 4.39 Å². The van der Waals surface area contributed by atoms with Crippen molar-refractivity contribution in [2.75, 3.05) is 5.32 Å². The fourth-order valence-electron chi connectivity index (χ4n) is 2.44. The van der Waals surface area contributed by atoms with E-state index in [1.165, 1.54) is 18.4 Å². The van der Waals surface area contributed by atoms with Crippen LogP contribution in [0.15, 0.2) is 74.2 Å². The Hall–Kier alpha value is -3.26. The van der Waals surface area contributed by atoms with E-state index in [9.17, 15) is 9.18 Å². The maximum absolute atomic E-state index is 14.0. The quantitative estimate of drug-likeness (QED) is 0.486. The molecule has 8 heteroatoms. The van der Waals surface area contributed by atoms with Gasteiger partial charge in [-0.2, -0.15) is 0 Å². The lowest BCUT2D eigenvalue weighted by atomic mass is 10.1. The van der Waals surface area contributed by atoms with Crippen molar-refractivity contribution in [3.05, 3.63) is 76.7 Å². The van der Waals surface area contributed by atoms with Crippen LogP contribution in [-0.2, 0) is 0 Å². The predicted octanol–water partition coefficient (Wildman–Crippen LogP) is 5.15. The van der Waals surface area contributed by atoms with Crippen LogP contribution in [0.1, 0.15) is 10.4 Å². The second-order valence-corrected chi connectivity index (χ2v) is 6.46. The van der Waals surface area contributed by atoms with E-state index in [0.29, 0.717) is 21.5 Å². The van der Waals surface area contributed by atoms with Crippen LogP contribution < -0.4 is 5.32 Å². The number of aromatic nitrogens is 2. The first kappa shape index (κ1) is 17.2. The highest BCUT2D eigenvalue weighted by atomic mass is 79.9. The van der Waals surface area contributed by atoms with Gasteiger partial charge in [0.15, 0.2) is 5.76 Å². The number of nitrogens with one attached hydrogen (secondary N) is 1. The molecule has 27 heavy (non-hydrogen) atoms. The lowest BCUT2D eigenvalue weighted by Crippen LogP contribution is -2.13. The molecule has 0 aliphatic rings. The summed E-state index contributed by atoms with van der Waals surface area (Å²) in [6.07, 6.45) is 1.51. The summed E-state index contributed by atoms with van der Waals surface area (Å²) in [6.45, 7) is 0. The molecule has 0 saturated carbocycles. The normalized spacial score (nSPS) is 10.7. The highest BCUT2D eigenvalue weighted by Crippen LogP contribution is 2.26. The number of benzene rings is 2. The van der Waals surface area contributed by atoms with E-state index in [2.05, 4.69) is 31.4 Å². The van der Waals surface area contributed by atoms with Crippen molar-refractivity contribution in [1.29, 1.82) is 0 Å². The first-order chi connectivity index (χ1) is 13.1. The summed E-state index contributed by atoms with van der Waals surface area (Å²) in [5, 5.41) is 10.6. The maximum Gasteiger partial charge on any atom is 0.283 e. The molecule has 0 radical (unpaired) electrons. The first-order valence-corrected chi connectivity index (χ1v) is 8.64. The van der Waals surface area contributed by atoms with Gasteiger partial charge in [-0.15, -0.1) is 10.2 Å². The highest BCUT2D eigenvalue weighted by Gasteiger charge is 2.15. The number of carbonyl (C=O) groups is 1. The molecule has 4 rings (SSSR count). The Labute approximate surface area is 161 Å². The largest absolute Gasteiger partial charge is 0.459 e. The summed E-state index contributed by atoms with van der Waals surface area (Å²) in [7, 11) is 0. The zero-order valence-electron chi connectivity index (χ0n) is 13.6. The van der Waals surface area contributed by atoms with Crippen LogP contribution in [0, 0.1) is 5.82 Å². The summed E-state index contributed by atoms with van der Waals surface area (Å²) in [5.74, 6) is -0.186. The van der Waals surface area contributed by atoms with E-state index in [4.69, 9.17) is 8.83 Å². The van der Waals surface area contributed by atoms with E-state index < -0.39 is 11.7 Å². The molecule has 1 amide bonds. The lowest BCUT2D eigenvalue weighted by molar-refractivity contribution is 0.102. The van der Waals surface area contributed by atoms with Crippen LogP contribution in [0.2, 0.25) is 0 Å². The fourth-order valence-corrected chi connectivity index (χ4v) is 2.77. The molecular weight excluding hydrogens is 417 g/mol. The smallest absolute Gasteiger partial charge is 0.283 e. The van der Waals surface area contributed by atoms with Gasteiger partial charge in [0.05, 0.1) is 11.8 Å². The standard InChI is InChI=1S/C19H11BrFN3O3/c20-12-6-7-14(15(21)10-12)17(25)22-13-4-1-3-11(9-13)18-23-24-19(27-18)16-5-2-8-26-16/h1-10H,(H,22,25). The Bertz CT molecular complexity index is 1110. The molecule has 2 aromatic carbocycles. The third kappa shape index (κ3) is 3.65. The molecule has 134 valence electrons. The van der Waals surface area contributed by atoms with Gasteiger partial charge < -0.3 is 14.2 Å². The van der Waals surface area contributed by atoms with Crippen molar-refractivity contribution >= 4 is 27.5 Å². The van der Waals surface area contributed by atoms with Crippen molar-refractivity contribution in [2.45, 2.75) is 0 Å². The number of nitrogens with zero attached hydrogens (tertiary/aromatic N) is 2. The van der Waals surface area contributed by atoms with Crippen LogP contribution in [-0.4, -0.2) is 16.1 Å². The van der Waals surface area contributed by atoms with Crippen molar-refractivity contribution in [3.8, 4) is 23.1 Å². The molecule has 0 aliphatic heterocycles. The van der Waals surface area contributed by atoms with Gasteiger partial charge in [0.2, 0.25) is 5.89 Å². The molecule has 6 nitrogen and oxygen atoms in total. The molecule has 0 saturated heterocycles. The second-order valence-electron chi connectivity index (χ2n) is 5.55. The topological polar surface area (TPSA) is 81.2 Å². The number of hydrogen-bond donors (Lipinski definition) is 1. The Kier molecular flexibility index (Phi) is 4.55. The summed E-state index contributed by atoms with van der Waals surface area (Å²) >= 11 is 3.16. The van der Waals surface area contributed by atoms with E-state index in [1.807, 2.05) is 0 Å². The van der Waals surface area contributed by atoms with Crippen molar-refractivity contribution in [3.63, 3.8) is 0 Å². The van der Waals surface area contributed by atoms with Crippen molar-refractivity contribution in [2.24, 2.45) is 0 Å². The molecule has 0 unspecified atom stereocenters. The molecule has 0 aliphatic carbocycles. The monoisotopic (exact) mass is 427 g/mol. The number of amides is 1. The SMILES string of the molecule is O=C(Nc1cccc(-c2nnc(-c3ccco3)o2)c1)c1ccc(Br)cc1F. The number of furan rings is 1. The number of hydrogen-bond acceptors (Lipinski definition) is 5. The summed E-state index contributed by atoms with van der Waals surface area (Å²) in [5.41, 5.74) is 1.02. The average Bonchev–Trinajstić information content (AvgIpc) is 3.33. The van der Waals surface area contributed by atoms with Crippen LogP contribution in [0.4, 0.5) is 10.1 Å². The number of carbonyl (C=O) groups excluding carboxylic acids is 1.